The number of hydrogen-bond acceptors (Lipinski definition) is 6. The van der Waals surface area contributed by atoms with Gasteiger partial charge in [-0.05, 0) is 24.6 Å². The van der Waals surface area contributed by atoms with Gasteiger partial charge >= 0.3 is 0 Å². The lowest BCUT2D eigenvalue weighted by Gasteiger charge is -2.37. The van der Waals surface area contributed by atoms with Crippen LogP contribution in [0.5, 0.6) is 0 Å². The summed E-state index contributed by atoms with van der Waals surface area (Å²) in [4.78, 5) is 0. The average Bonchev–Trinajstić information content (AvgIpc) is 2.65. The predicted octanol–water partition coefficient (Wildman–Crippen LogP) is 1.39. The van der Waals surface area contributed by atoms with Crippen molar-refractivity contribution < 1.29 is 25.4 Å². The Morgan fingerprint density at radius 3 is 2.04 bits per heavy atom. The van der Waals surface area contributed by atoms with Crippen LogP contribution in [-0.4, -0.2) is 67.3 Å². The monoisotopic (exact) mass is 387 g/mol. The van der Waals surface area contributed by atoms with Crippen LogP contribution in [0.3, 0.4) is 0 Å². The van der Waals surface area contributed by atoms with Gasteiger partial charge in [0, 0.05) is 12.6 Å². The minimum atomic E-state index is -3.62. The molecule has 10 heteroatoms. The first-order chi connectivity index (χ1) is 10.0. The topological polar surface area (TPSA) is 90.0 Å². The lowest BCUT2D eigenvalue weighted by molar-refractivity contribution is 0.209. The van der Waals surface area contributed by atoms with Gasteiger partial charge in [-0.25, -0.2) is 8.42 Å². The second-order valence-corrected chi connectivity index (χ2v) is 16.1. The smallest absolute Gasteiger partial charge is 0.264 e. The van der Waals surface area contributed by atoms with E-state index >= 15 is 0 Å². The SMILES string of the molecule is CC(C)(C)[Si](C)(C)OC[C@H]1C[C@H](OS(C)(=O)=O)CN1S(C)(=O)=O. The van der Waals surface area contributed by atoms with Crippen molar-refractivity contribution in [1.29, 1.82) is 0 Å². The van der Waals surface area contributed by atoms with E-state index in [0.717, 1.165) is 12.5 Å². The molecule has 0 spiro atoms. The maximum Gasteiger partial charge on any atom is 0.264 e. The number of sulfonamides is 1. The highest BCUT2D eigenvalue weighted by Gasteiger charge is 2.43. The van der Waals surface area contributed by atoms with Gasteiger partial charge in [-0.3, -0.25) is 4.18 Å². The summed E-state index contributed by atoms with van der Waals surface area (Å²) in [7, 11) is -9.08. The van der Waals surface area contributed by atoms with E-state index in [0.29, 0.717) is 6.42 Å². The van der Waals surface area contributed by atoms with Crippen molar-refractivity contribution in [3.05, 3.63) is 0 Å². The van der Waals surface area contributed by atoms with Crippen LogP contribution in [0.15, 0.2) is 0 Å². The molecule has 0 amide bonds. The Morgan fingerprint density at radius 1 is 1.13 bits per heavy atom. The molecule has 7 nitrogen and oxygen atoms in total. The molecule has 1 fully saturated rings. The average molecular weight is 388 g/mol. The molecule has 0 aromatic heterocycles. The standard InChI is InChI=1S/C13H29NO6S2Si/c1-13(2,3)23(6,7)19-10-11-8-12(20-22(5,17)18)9-14(11)21(4,15)16/h11-12H,8-10H2,1-7H3/t11-,12+/m1/s1. The first kappa shape index (κ1) is 21.0. The van der Waals surface area contributed by atoms with Crippen LogP contribution < -0.4 is 0 Å². The largest absolute Gasteiger partial charge is 0.415 e. The van der Waals surface area contributed by atoms with Crippen LogP contribution in [-0.2, 0) is 28.8 Å². The number of rotatable bonds is 6. The summed E-state index contributed by atoms with van der Waals surface area (Å²) in [6.07, 6.45) is 1.74. The van der Waals surface area contributed by atoms with E-state index in [-0.39, 0.29) is 18.2 Å². The van der Waals surface area contributed by atoms with Gasteiger partial charge in [0.15, 0.2) is 8.32 Å². The summed E-state index contributed by atoms with van der Waals surface area (Å²) >= 11 is 0. The van der Waals surface area contributed by atoms with Gasteiger partial charge in [0.05, 0.1) is 25.2 Å². The van der Waals surface area contributed by atoms with Crippen LogP contribution in [0.25, 0.3) is 0 Å². The molecule has 1 saturated heterocycles. The van der Waals surface area contributed by atoms with Crippen LogP contribution in [0, 0.1) is 0 Å². The number of hydrogen-bond donors (Lipinski definition) is 0. The van der Waals surface area contributed by atoms with Crippen molar-refractivity contribution in [2.75, 3.05) is 25.7 Å². The van der Waals surface area contributed by atoms with Gasteiger partial charge in [-0.2, -0.15) is 12.7 Å². The van der Waals surface area contributed by atoms with Gasteiger partial charge in [0.25, 0.3) is 10.1 Å². The zero-order valence-electron chi connectivity index (χ0n) is 15.0. The normalized spacial score (nSPS) is 25.0. The van der Waals surface area contributed by atoms with Crippen molar-refractivity contribution in [1.82, 2.24) is 4.31 Å². The van der Waals surface area contributed by atoms with Gasteiger partial charge in [0.1, 0.15) is 0 Å². The van der Waals surface area contributed by atoms with E-state index in [1.165, 1.54) is 4.31 Å². The van der Waals surface area contributed by atoms with Gasteiger partial charge < -0.3 is 4.43 Å². The molecule has 0 saturated carbocycles. The Bertz CT molecular complexity index is 623. The van der Waals surface area contributed by atoms with E-state index in [1.807, 2.05) is 0 Å². The Hall–Kier alpha value is -0.00312. The molecule has 0 aliphatic carbocycles. The third-order valence-corrected chi connectivity index (χ3v) is 10.9. The third kappa shape index (κ3) is 6.09. The summed E-state index contributed by atoms with van der Waals surface area (Å²) in [5, 5.41) is 0.0180. The van der Waals surface area contributed by atoms with Gasteiger partial charge in [-0.15, -0.1) is 0 Å². The molecule has 0 bridgehead atoms. The van der Waals surface area contributed by atoms with E-state index in [1.54, 1.807) is 0 Å². The maximum absolute atomic E-state index is 12.0. The zero-order valence-corrected chi connectivity index (χ0v) is 17.6. The van der Waals surface area contributed by atoms with E-state index in [4.69, 9.17) is 8.61 Å². The molecule has 138 valence electrons. The van der Waals surface area contributed by atoms with Crippen LogP contribution in [0.4, 0.5) is 0 Å². The Morgan fingerprint density at radius 2 is 1.65 bits per heavy atom. The second-order valence-electron chi connectivity index (χ2n) is 7.72. The molecule has 1 rings (SSSR count). The zero-order chi connectivity index (χ0) is 18.3. The first-order valence-electron chi connectivity index (χ1n) is 7.52. The van der Waals surface area contributed by atoms with Crippen molar-refractivity contribution in [2.24, 2.45) is 0 Å². The summed E-state index contributed by atoms with van der Waals surface area (Å²) in [5.41, 5.74) is 0. The lowest BCUT2D eigenvalue weighted by atomic mass is 10.2. The fourth-order valence-electron chi connectivity index (χ4n) is 2.24. The molecule has 1 aliphatic heterocycles. The Balaban J connectivity index is 2.86. The highest BCUT2D eigenvalue weighted by atomic mass is 32.2. The predicted molar refractivity (Wildman–Crippen MR) is 92.8 cm³/mol. The maximum atomic E-state index is 12.0. The molecule has 0 aromatic carbocycles. The molecule has 1 heterocycles. The summed E-state index contributed by atoms with van der Waals surface area (Å²) < 4.78 is 58.8. The summed E-state index contributed by atoms with van der Waals surface area (Å²) in [5.74, 6) is 0. The first-order valence-corrected chi connectivity index (χ1v) is 14.1. The lowest BCUT2D eigenvalue weighted by Crippen LogP contribution is -2.45. The molecule has 2 atom stereocenters. The molecule has 1 aliphatic rings. The van der Waals surface area contributed by atoms with Gasteiger partial charge in [-0.1, -0.05) is 20.8 Å². The van der Waals surface area contributed by atoms with Gasteiger partial charge in [0.2, 0.25) is 10.0 Å². The van der Waals surface area contributed by atoms with E-state index < -0.39 is 40.6 Å². The van der Waals surface area contributed by atoms with Crippen LogP contribution >= 0.6 is 0 Å². The van der Waals surface area contributed by atoms with Crippen LogP contribution in [0.2, 0.25) is 18.1 Å². The molecular formula is C13H29NO6S2Si. The van der Waals surface area contributed by atoms with Crippen LogP contribution in [0.1, 0.15) is 27.2 Å². The Kier molecular flexibility index (Phi) is 6.14. The molecule has 0 aromatic rings. The quantitative estimate of drug-likeness (QED) is 0.505. The highest BCUT2D eigenvalue weighted by molar-refractivity contribution is 7.88. The van der Waals surface area contributed by atoms with Crippen molar-refractivity contribution in [3.63, 3.8) is 0 Å². The minimum Gasteiger partial charge on any atom is -0.415 e. The molecular weight excluding hydrogens is 358 g/mol. The minimum absolute atomic E-state index is 0.0180. The molecule has 23 heavy (non-hydrogen) atoms. The third-order valence-electron chi connectivity index (χ3n) is 4.51. The molecule has 0 N–H and O–H groups in total. The summed E-state index contributed by atoms with van der Waals surface area (Å²) in [6.45, 7) is 10.8. The molecule has 0 unspecified atom stereocenters. The van der Waals surface area contributed by atoms with E-state index in [2.05, 4.69) is 33.9 Å². The fourth-order valence-corrected chi connectivity index (χ4v) is 5.04. The highest BCUT2D eigenvalue weighted by Crippen LogP contribution is 2.37. The number of nitrogens with zero attached hydrogens (tertiary/aromatic N) is 1. The second kappa shape index (κ2) is 6.72. The van der Waals surface area contributed by atoms with Crippen molar-refractivity contribution in [3.8, 4) is 0 Å². The van der Waals surface area contributed by atoms with Crippen molar-refractivity contribution in [2.45, 2.75) is 57.5 Å². The molecule has 0 radical (unpaired) electrons. The van der Waals surface area contributed by atoms with E-state index in [9.17, 15) is 16.8 Å². The fraction of sp³-hybridized carbons (Fsp3) is 1.00. The van der Waals surface area contributed by atoms with Crippen molar-refractivity contribution >= 4 is 28.5 Å². The summed E-state index contributed by atoms with van der Waals surface area (Å²) in [6, 6.07) is -0.397. The Labute approximate surface area is 141 Å².